The summed E-state index contributed by atoms with van der Waals surface area (Å²) in [5.74, 6) is -8.28. The number of alkyl carbamates (subject to hydrolysis) is 1. The summed E-state index contributed by atoms with van der Waals surface area (Å²) in [6.07, 6.45) is -3.35. The molecule has 22 nitrogen and oxygen atoms in total. The number of carboxylic acid groups (broad SMARTS) is 1. The van der Waals surface area contributed by atoms with Crippen molar-refractivity contribution in [1.29, 1.82) is 0 Å². The van der Waals surface area contributed by atoms with Crippen LogP contribution in [0.1, 0.15) is 116 Å². The average Bonchev–Trinajstić information content (AvgIpc) is 1.73. The highest BCUT2D eigenvalue weighted by atomic mass is 32.2. The number of hydrogen-bond donors (Lipinski definition) is 10. The van der Waals surface area contributed by atoms with Gasteiger partial charge in [-0.3, -0.25) is 33.6 Å². The molecule has 0 saturated heterocycles. The van der Waals surface area contributed by atoms with Crippen molar-refractivity contribution in [3.63, 3.8) is 0 Å². The number of carbonyl (C=O) groups is 9. The Morgan fingerprint density at radius 3 is 1.37 bits per heavy atom. The van der Waals surface area contributed by atoms with E-state index in [4.69, 9.17) is 14.2 Å². The highest BCUT2D eigenvalue weighted by molar-refractivity contribution is 7.99. The number of aliphatic carboxylic acids is 1. The zero-order valence-corrected chi connectivity index (χ0v) is 53.9. The van der Waals surface area contributed by atoms with Crippen molar-refractivity contribution in [3.05, 3.63) is 167 Å². The maximum absolute atomic E-state index is 15.2. The first-order chi connectivity index (χ1) is 43.1. The lowest BCUT2D eigenvalue weighted by Crippen LogP contribution is -2.62. The topological polar surface area (TPSA) is 318 Å². The number of fused-ring (bicyclic) bond motifs is 3. The molecule has 7 atom stereocenters. The smallest absolute Gasteiger partial charge is 0.407 e. The lowest BCUT2D eigenvalue weighted by molar-refractivity contribution is -0.146. The molecule has 0 bridgehead atoms. The summed E-state index contributed by atoms with van der Waals surface area (Å²) in [5.41, 5.74) is 2.63. The zero-order chi connectivity index (χ0) is 66.6. The van der Waals surface area contributed by atoms with Gasteiger partial charge >= 0.3 is 12.1 Å². The largest absolute Gasteiger partial charge is 0.480 e. The Kier molecular flexibility index (Phi) is 25.8. The number of hydrogen-bond acceptors (Lipinski definition) is 14. The Labute approximate surface area is 535 Å². The van der Waals surface area contributed by atoms with E-state index in [1.807, 2.05) is 140 Å². The van der Waals surface area contributed by atoms with Gasteiger partial charge in [-0.05, 0) is 99.7 Å². The molecule has 0 aromatic heterocycles. The van der Waals surface area contributed by atoms with Crippen LogP contribution in [0.15, 0.2) is 140 Å². The second-order valence-corrected chi connectivity index (χ2v) is 25.7. The number of aliphatic hydroxyl groups is 1. The monoisotopic (exact) mass is 1270 g/mol. The number of carboxylic acids is 1. The molecule has 488 valence electrons. The molecule has 91 heavy (non-hydrogen) atoms. The number of rotatable bonds is 31. The van der Waals surface area contributed by atoms with Crippen molar-refractivity contribution < 1.29 is 67.6 Å². The van der Waals surface area contributed by atoms with Crippen LogP contribution in [0, 0.1) is 5.92 Å². The van der Waals surface area contributed by atoms with Gasteiger partial charge in [-0.1, -0.05) is 153 Å². The molecular weight excluding hydrogens is 1180 g/mol. The van der Waals surface area contributed by atoms with E-state index < -0.39 is 126 Å². The molecule has 10 N–H and O–H groups in total. The summed E-state index contributed by atoms with van der Waals surface area (Å²) < 4.78 is 17.8. The van der Waals surface area contributed by atoms with Crippen LogP contribution in [0.5, 0.6) is 0 Å². The second-order valence-electron chi connectivity index (χ2n) is 24.7. The molecule has 8 amide bonds. The van der Waals surface area contributed by atoms with Gasteiger partial charge in [0, 0.05) is 18.6 Å². The fraction of sp³-hybridized carbons (Fsp3) is 0.426. The Bertz CT molecular complexity index is 3160. The molecule has 0 saturated carbocycles. The minimum Gasteiger partial charge on any atom is -0.480 e. The average molecular weight is 1270 g/mol. The Hall–Kier alpha value is -8.64. The van der Waals surface area contributed by atoms with E-state index in [1.54, 1.807) is 55.4 Å². The van der Waals surface area contributed by atoms with Crippen LogP contribution >= 0.6 is 11.8 Å². The van der Waals surface area contributed by atoms with Crippen molar-refractivity contribution in [2.24, 2.45) is 5.92 Å². The molecule has 0 spiro atoms. The number of carbonyl (C=O) groups excluding carboxylic acids is 8. The van der Waals surface area contributed by atoms with Crippen LogP contribution in [0.25, 0.3) is 11.1 Å². The zero-order valence-electron chi connectivity index (χ0n) is 53.1. The molecule has 1 aliphatic carbocycles. The molecular formula is C68H86N8O14S. The van der Waals surface area contributed by atoms with E-state index >= 15 is 14.4 Å². The number of benzene rings is 5. The van der Waals surface area contributed by atoms with Crippen LogP contribution < -0.4 is 42.5 Å². The SMILES string of the molecule is CC(=O)NCSC[C@H](NC(=O)OCC1c2ccccc2-c2ccccc21)C(=O)N[C@@H](COC(C)(C)C)C(=O)N[C@@H](CC(=O)NC(c1ccccc1)(c1ccccc1)c1ccccc1)C(=O)N[C@@H](CC(C)C)C(=O)N[C@@H](COC(C)(C)C)C(=O)N[C@H](C(=O)O)[C@@H](C)O. The summed E-state index contributed by atoms with van der Waals surface area (Å²) in [5, 5.41) is 41.4. The maximum Gasteiger partial charge on any atom is 0.407 e. The van der Waals surface area contributed by atoms with E-state index in [-0.39, 0.29) is 42.4 Å². The molecule has 6 rings (SSSR count). The van der Waals surface area contributed by atoms with E-state index in [9.17, 15) is 39.0 Å². The van der Waals surface area contributed by atoms with Crippen LogP contribution in [-0.2, 0) is 58.1 Å². The molecule has 1 aliphatic rings. The van der Waals surface area contributed by atoms with Crippen molar-refractivity contribution in [2.75, 3.05) is 31.5 Å². The second kappa shape index (κ2) is 32.9. The summed E-state index contributed by atoms with van der Waals surface area (Å²) >= 11 is 1.10. The third kappa shape index (κ3) is 21.0. The predicted molar refractivity (Wildman–Crippen MR) is 345 cm³/mol. The third-order valence-electron chi connectivity index (χ3n) is 14.6. The number of nitrogens with one attached hydrogen (secondary N) is 8. The van der Waals surface area contributed by atoms with Crippen molar-refractivity contribution in [1.82, 2.24) is 42.5 Å². The van der Waals surface area contributed by atoms with Gasteiger partial charge in [0.05, 0.1) is 42.8 Å². The fourth-order valence-corrected chi connectivity index (χ4v) is 11.1. The Morgan fingerprint density at radius 1 is 0.527 bits per heavy atom. The standard InChI is InChI=1S/C68H86N8O14S/c1-41(2)34-52(59(80)72-55(38-90-67(8,9)10)62(83)75-58(42(3)77)64(85)86)70-60(81)53(35-57(79)76-68(44-24-14-11-15-25-44,45-26-16-12-17-27-45)46-28-18-13-19-29-46)71-61(82)54(37-89-66(5,6)7)73-63(84)56(39-91-40-69-43(4)78)74-65(87)88-36-51-49-32-22-20-30-47(49)48-31-21-23-33-50(48)51/h11-33,41-42,51-56,58,77H,34-40H2,1-10H3,(H,69,78)(H,70,81)(H,71,82)(H,72,80)(H,73,84)(H,74,87)(H,75,83)(H,76,79)(H,85,86)/t42-,52+,53+,54+,55+,56+,58+/m1/s1. The van der Waals surface area contributed by atoms with E-state index in [2.05, 4.69) is 42.5 Å². The summed E-state index contributed by atoms with van der Waals surface area (Å²) in [6.45, 7) is 15.2. The first-order valence-electron chi connectivity index (χ1n) is 30.2. The molecule has 5 aromatic rings. The van der Waals surface area contributed by atoms with Gasteiger partial charge in [0.2, 0.25) is 41.4 Å². The van der Waals surface area contributed by atoms with Gasteiger partial charge in [-0.2, -0.15) is 0 Å². The minimum atomic E-state index is -1.84. The maximum atomic E-state index is 15.2. The minimum absolute atomic E-state index is 0.0457. The highest BCUT2D eigenvalue weighted by Gasteiger charge is 2.41. The number of amides is 8. The molecule has 5 aromatic carbocycles. The van der Waals surface area contributed by atoms with Gasteiger partial charge < -0.3 is 67.0 Å². The van der Waals surface area contributed by atoms with E-state index in [0.29, 0.717) is 16.7 Å². The van der Waals surface area contributed by atoms with Crippen LogP contribution in [0.4, 0.5) is 4.79 Å². The summed E-state index contributed by atoms with van der Waals surface area (Å²) in [6, 6.07) is 33.2. The fourth-order valence-electron chi connectivity index (χ4n) is 10.2. The number of ether oxygens (including phenoxy) is 3. The van der Waals surface area contributed by atoms with Gasteiger partial charge in [-0.25, -0.2) is 9.59 Å². The van der Waals surface area contributed by atoms with Gasteiger partial charge in [0.15, 0.2) is 6.04 Å². The van der Waals surface area contributed by atoms with Crippen LogP contribution in [0.3, 0.4) is 0 Å². The highest BCUT2D eigenvalue weighted by Crippen LogP contribution is 2.44. The Balaban J connectivity index is 1.36. The van der Waals surface area contributed by atoms with Gasteiger partial charge in [0.1, 0.15) is 42.4 Å². The number of aliphatic hydroxyl groups excluding tert-OH is 1. The van der Waals surface area contributed by atoms with Crippen LogP contribution in [-0.4, -0.2) is 149 Å². The van der Waals surface area contributed by atoms with Gasteiger partial charge in [-0.15, -0.1) is 11.8 Å². The molecule has 0 fully saturated rings. The first-order valence-corrected chi connectivity index (χ1v) is 31.3. The number of thioether (sulfide) groups is 1. The van der Waals surface area contributed by atoms with Crippen molar-refractivity contribution in [3.8, 4) is 11.1 Å². The van der Waals surface area contributed by atoms with E-state index in [1.165, 1.54) is 13.8 Å². The Morgan fingerprint density at radius 2 is 0.934 bits per heavy atom. The normalized spacial score (nSPS) is 14.5. The predicted octanol–water partition coefficient (Wildman–Crippen LogP) is 5.78. The lowest BCUT2D eigenvalue weighted by atomic mass is 9.77. The van der Waals surface area contributed by atoms with Gasteiger partial charge in [0.25, 0.3) is 0 Å². The molecule has 23 heteroatoms. The molecule has 0 radical (unpaired) electrons. The summed E-state index contributed by atoms with van der Waals surface area (Å²) in [4.78, 5) is 127. The first kappa shape index (κ1) is 71.4. The molecule has 0 unspecified atom stereocenters. The third-order valence-corrected chi connectivity index (χ3v) is 15.6. The van der Waals surface area contributed by atoms with Crippen molar-refractivity contribution >= 4 is 65.2 Å². The molecule has 0 aliphatic heterocycles. The molecule has 0 heterocycles. The summed E-state index contributed by atoms with van der Waals surface area (Å²) in [7, 11) is 0. The lowest BCUT2D eigenvalue weighted by Gasteiger charge is -2.37. The quantitative estimate of drug-likeness (QED) is 0.0143. The van der Waals surface area contributed by atoms with E-state index in [0.717, 1.165) is 34.0 Å². The van der Waals surface area contributed by atoms with Crippen molar-refractivity contribution in [2.45, 2.75) is 147 Å². The van der Waals surface area contributed by atoms with Crippen LogP contribution in [0.2, 0.25) is 0 Å².